The van der Waals surface area contributed by atoms with E-state index in [1.54, 1.807) is 18.2 Å². The molecule has 4 rings (SSSR count). The Hall–Kier alpha value is -3.66. The second kappa shape index (κ2) is 8.77. The molecule has 188 valence electrons. The predicted octanol–water partition coefficient (Wildman–Crippen LogP) is 5.91. The number of aliphatic hydroxyl groups is 1. The average molecular weight is 506 g/mol. The van der Waals surface area contributed by atoms with Gasteiger partial charge in [0.1, 0.15) is 5.82 Å². The zero-order valence-electron chi connectivity index (χ0n) is 19.1. The van der Waals surface area contributed by atoms with Gasteiger partial charge in [0.2, 0.25) is 0 Å². The summed E-state index contributed by atoms with van der Waals surface area (Å²) in [5.74, 6) is 0.250. The van der Waals surface area contributed by atoms with Crippen molar-refractivity contribution in [3.63, 3.8) is 0 Å². The first-order valence-corrected chi connectivity index (χ1v) is 10.8. The van der Waals surface area contributed by atoms with Crippen LogP contribution in [-0.2, 0) is 12.0 Å². The van der Waals surface area contributed by atoms with Crippen LogP contribution in [0.3, 0.4) is 0 Å². The Morgan fingerprint density at radius 1 is 0.861 bits per heavy atom. The number of hydrogen-bond donors (Lipinski definition) is 1. The Morgan fingerprint density at radius 2 is 1.47 bits per heavy atom. The highest BCUT2D eigenvalue weighted by Crippen LogP contribution is 2.50. The molecule has 0 fully saturated rings. The van der Waals surface area contributed by atoms with Crippen molar-refractivity contribution in [1.82, 2.24) is 9.55 Å². The Labute approximate surface area is 201 Å². The van der Waals surface area contributed by atoms with E-state index >= 15 is 0 Å². The Bertz CT molecular complexity index is 1470. The summed E-state index contributed by atoms with van der Waals surface area (Å²) in [6, 6.07) is 15.1. The molecule has 0 unspecified atom stereocenters. The molecule has 3 aromatic carbocycles. The van der Waals surface area contributed by atoms with Gasteiger partial charge in [-0.3, -0.25) is 9.36 Å². The number of aromatic nitrogens is 2. The molecule has 0 aliphatic heterocycles. The van der Waals surface area contributed by atoms with Crippen molar-refractivity contribution < 1.29 is 31.4 Å². The van der Waals surface area contributed by atoms with Crippen LogP contribution in [0.2, 0.25) is 0 Å². The maximum Gasteiger partial charge on any atom is 0.430 e. The third-order valence-electron chi connectivity index (χ3n) is 6.06. The summed E-state index contributed by atoms with van der Waals surface area (Å²) in [6.07, 6.45) is -11.8. The number of hydrogen-bond acceptors (Lipinski definition) is 3. The van der Waals surface area contributed by atoms with E-state index in [-0.39, 0.29) is 23.3 Å². The molecule has 4 nitrogen and oxygen atoms in total. The van der Waals surface area contributed by atoms with E-state index in [2.05, 4.69) is 4.98 Å². The largest absolute Gasteiger partial charge is 0.430 e. The average Bonchev–Trinajstić information content (AvgIpc) is 2.79. The predicted molar refractivity (Wildman–Crippen MR) is 122 cm³/mol. The van der Waals surface area contributed by atoms with Gasteiger partial charge in [0, 0.05) is 12.0 Å². The molecule has 1 aromatic heterocycles. The van der Waals surface area contributed by atoms with Crippen molar-refractivity contribution in [2.45, 2.75) is 38.2 Å². The van der Waals surface area contributed by atoms with Crippen LogP contribution in [0.1, 0.15) is 28.1 Å². The zero-order chi connectivity index (χ0) is 26.5. The number of nitrogens with zero attached hydrogens (tertiary/aromatic N) is 2. The number of fused-ring (bicyclic) bond motifs is 1. The Balaban J connectivity index is 1.90. The van der Waals surface area contributed by atoms with Gasteiger partial charge >= 0.3 is 12.4 Å². The van der Waals surface area contributed by atoms with Gasteiger partial charge in [-0.15, -0.1) is 0 Å². The minimum atomic E-state index is -6.01. The molecule has 0 saturated carbocycles. The van der Waals surface area contributed by atoms with Gasteiger partial charge in [-0.05, 0) is 49.2 Å². The molecule has 1 heterocycles. The summed E-state index contributed by atoms with van der Waals surface area (Å²) in [7, 11) is 0. The summed E-state index contributed by atoms with van der Waals surface area (Å²) in [6.45, 7) is 3.81. The van der Waals surface area contributed by atoms with E-state index in [0.717, 1.165) is 33.4 Å². The van der Waals surface area contributed by atoms with E-state index in [1.807, 2.05) is 32.0 Å². The highest BCUT2D eigenvalue weighted by Gasteiger charge is 2.71. The van der Waals surface area contributed by atoms with E-state index in [9.17, 15) is 36.2 Å². The summed E-state index contributed by atoms with van der Waals surface area (Å²) in [4.78, 5) is 18.0. The van der Waals surface area contributed by atoms with Crippen molar-refractivity contribution in [2.75, 3.05) is 0 Å². The molecule has 36 heavy (non-hydrogen) atoms. The van der Waals surface area contributed by atoms with Crippen LogP contribution in [0.15, 0.2) is 71.5 Å². The normalized spacial score (nSPS) is 12.8. The van der Waals surface area contributed by atoms with Crippen molar-refractivity contribution in [1.29, 1.82) is 0 Å². The lowest BCUT2D eigenvalue weighted by atomic mass is 9.92. The standard InChI is InChI=1S/C26H20F6N2O2/c1-15-7-8-17(16(2)13-15)14-22-33-21-6-4-3-5-20(21)23(35)34(22)19-11-9-18(10-12-19)24(36,25(27,28)29)26(30,31)32/h3-13,36H,14H2,1-2H3. The van der Waals surface area contributed by atoms with Crippen LogP contribution < -0.4 is 5.56 Å². The molecule has 0 aliphatic carbocycles. The maximum absolute atomic E-state index is 13.4. The number of aryl methyl sites for hydroxylation is 2. The molecule has 0 bridgehead atoms. The van der Waals surface area contributed by atoms with Crippen LogP contribution in [0, 0.1) is 13.8 Å². The van der Waals surface area contributed by atoms with Gasteiger partial charge in [-0.1, -0.05) is 48.0 Å². The molecule has 0 saturated heterocycles. The topological polar surface area (TPSA) is 55.1 Å². The highest BCUT2D eigenvalue weighted by molar-refractivity contribution is 5.77. The van der Waals surface area contributed by atoms with Gasteiger partial charge < -0.3 is 5.11 Å². The molecule has 4 aromatic rings. The van der Waals surface area contributed by atoms with E-state index in [1.165, 1.54) is 6.07 Å². The van der Waals surface area contributed by atoms with E-state index < -0.39 is 29.1 Å². The summed E-state index contributed by atoms with van der Waals surface area (Å²) in [5, 5.41) is 9.91. The van der Waals surface area contributed by atoms with Crippen LogP contribution >= 0.6 is 0 Å². The smallest absolute Gasteiger partial charge is 0.369 e. The number of halogens is 6. The van der Waals surface area contributed by atoms with Gasteiger partial charge in [0.05, 0.1) is 16.6 Å². The van der Waals surface area contributed by atoms with Gasteiger partial charge in [0.15, 0.2) is 0 Å². The molecular weight excluding hydrogens is 486 g/mol. The van der Waals surface area contributed by atoms with Crippen LogP contribution in [0.4, 0.5) is 26.3 Å². The monoisotopic (exact) mass is 506 g/mol. The van der Waals surface area contributed by atoms with Crippen LogP contribution in [0.25, 0.3) is 16.6 Å². The van der Waals surface area contributed by atoms with Crippen molar-refractivity contribution in [2.24, 2.45) is 0 Å². The highest BCUT2D eigenvalue weighted by atomic mass is 19.4. The first-order valence-electron chi connectivity index (χ1n) is 10.8. The molecular formula is C26H20F6N2O2. The minimum Gasteiger partial charge on any atom is -0.369 e. The molecule has 0 radical (unpaired) electrons. The second-order valence-electron chi connectivity index (χ2n) is 8.55. The van der Waals surface area contributed by atoms with E-state index in [4.69, 9.17) is 0 Å². The first-order chi connectivity index (χ1) is 16.7. The number of alkyl halides is 6. The van der Waals surface area contributed by atoms with Crippen molar-refractivity contribution >= 4 is 10.9 Å². The quantitative estimate of drug-likeness (QED) is 0.351. The maximum atomic E-state index is 13.4. The summed E-state index contributed by atoms with van der Waals surface area (Å²) < 4.78 is 80.9. The van der Waals surface area contributed by atoms with Gasteiger partial charge in [-0.2, -0.15) is 26.3 Å². The minimum absolute atomic E-state index is 0.00784. The van der Waals surface area contributed by atoms with E-state index in [0.29, 0.717) is 17.6 Å². The fraction of sp³-hybridized carbons (Fsp3) is 0.231. The summed E-state index contributed by atoms with van der Waals surface area (Å²) >= 11 is 0. The lowest BCUT2D eigenvalue weighted by Crippen LogP contribution is -2.53. The Morgan fingerprint density at radius 3 is 2.06 bits per heavy atom. The molecule has 0 amide bonds. The fourth-order valence-electron chi connectivity index (χ4n) is 4.12. The Kier molecular flexibility index (Phi) is 6.20. The number of benzene rings is 3. The number of para-hydroxylation sites is 1. The lowest BCUT2D eigenvalue weighted by Gasteiger charge is -2.32. The molecule has 0 atom stereocenters. The van der Waals surface area contributed by atoms with Gasteiger partial charge in [0.25, 0.3) is 11.2 Å². The first kappa shape index (κ1) is 25.4. The molecule has 1 N–H and O–H groups in total. The zero-order valence-corrected chi connectivity index (χ0v) is 19.1. The van der Waals surface area contributed by atoms with Crippen molar-refractivity contribution in [3.05, 3.63) is 105 Å². The second-order valence-corrected chi connectivity index (χ2v) is 8.55. The lowest BCUT2D eigenvalue weighted by molar-refractivity contribution is -0.376. The molecule has 0 spiro atoms. The molecule has 10 heteroatoms. The van der Waals surface area contributed by atoms with Crippen LogP contribution in [0.5, 0.6) is 0 Å². The number of rotatable bonds is 4. The SMILES string of the molecule is Cc1ccc(Cc2nc3ccccc3c(=O)n2-c2ccc(C(O)(C(F)(F)F)C(F)(F)F)cc2)c(C)c1. The van der Waals surface area contributed by atoms with Gasteiger partial charge in [-0.25, -0.2) is 4.98 Å². The van der Waals surface area contributed by atoms with Crippen LogP contribution in [-0.4, -0.2) is 27.0 Å². The third kappa shape index (κ3) is 4.26. The van der Waals surface area contributed by atoms with Crippen molar-refractivity contribution in [3.8, 4) is 5.69 Å². The fourth-order valence-corrected chi connectivity index (χ4v) is 4.12. The third-order valence-corrected chi connectivity index (χ3v) is 6.06. The molecule has 0 aliphatic rings. The summed E-state index contributed by atoms with van der Waals surface area (Å²) in [5.41, 5.74) is -3.80.